The molecule has 1 unspecified atom stereocenters. The minimum atomic E-state index is -0.688. The van der Waals surface area contributed by atoms with Gasteiger partial charge in [-0.2, -0.15) is 0 Å². The summed E-state index contributed by atoms with van der Waals surface area (Å²) in [6.07, 6.45) is 0.521. The van der Waals surface area contributed by atoms with Crippen molar-refractivity contribution in [3.63, 3.8) is 0 Å². The van der Waals surface area contributed by atoms with Gasteiger partial charge in [-0.15, -0.1) is 0 Å². The van der Waals surface area contributed by atoms with Crippen LogP contribution in [0.25, 0.3) is 0 Å². The van der Waals surface area contributed by atoms with Crippen molar-refractivity contribution in [1.29, 1.82) is 0 Å². The first-order valence-electron chi connectivity index (χ1n) is 9.13. The molecule has 1 aliphatic rings. The van der Waals surface area contributed by atoms with E-state index in [-0.39, 0.29) is 0 Å². The number of carbonyl (C=O) groups excluding carboxylic acids is 2. The second kappa shape index (κ2) is 8.43. The SMILES string of the molecule is CCNC(=O)NC(=O)c1ccc(C2=NOC(C)(c3cc(Cl)cc(Cl)c3)C2)cc1C. The van der Waals surface area contributed by atoms with Crippen LogP contribution in [0.15, 0.2) is 41.6 Å². The number of nitrogens with zero attached hydrogens (tertiary/aromatic N) is 1. The lowest BCUT2D eigenvalue weighted by Crippen LogP contribution is -2.39. The molecule has 2 aromatic rings. The molecule has 0 aromatic heterocycles. The average Bonchev–Trinajstić information content (AvgIpc) is 3.04. The second-order valence-corrected chi connectivity index (χ2v) is 7.91. The monoisotopic (exact) mass is 433 g/mol. The van der Waals surface area contributed by atoms with Crippen molar-refractivity contribution in [2.45, 2.75) is 32.8 Å². The lowest BCUT2D eigenvalue weighted by Gasteiger charge is -2.22. The maximum atomic E-state index is 12.3. The topological polar surface area (TPSA) is 79.8 Å². The van der Waals surface area contributed by atoms with Crippen LogP contribution in [0, 0.1) is 6.92 Å². The van der Waals surface area contributed by atoms with E-state index in [0.29, 0.717) is 28.6 Å². The van der Waals surface area contributed by atoms with Gasteiger partial charge in [0.1, 0.15) is 0 Å². The number of hydrogen-bond donors (Lipinski definition) is 2. The highest BCUT2D eigenvalue weighted by atomic mass is 35.5. The molecule has 0 radical (unpaired) electrons. The standard InChI is InChI=1S/C21H21Cl2N3O3/c1-4-24-20(28)25-19(27)17-6-5-13(7-12(17)2)18-11-21(3,29-26-18)14-8-15(22)10-16(23)9-14/h5-10H,4,11H2,1-3H3,(H2,24,25,27,28). The van der Waals surface area contributed by atoms with Crippen LogP contribution >= 0.6 is 23.2 Å². The molecule has 1 heterocycles. The number of rotatable bonds is 4. The van der Waals surface area contributed by atoms with Gasteiger partial charge in [0.15, 0.2) is 5.60 Å². The number of carbonyl (C=O) groups is 2. The van der Waals surface area contributed by atoms with Crippen LogP contribution < -0.4 is 10.6 Å². The molecule has 29 heavy (non-hydrogen) atoms. The average molecular weight is 434 g/mol. The van der Waals surface area contributed by atoms with Crippen molar-refractivity contribution in [1.82, 2.24) is 10.6 Å². The zero-order chi connectivity index (χ0) is 21.2. The molecule has 1 aliphatic heterocycles. The molecule has 3 rings (SSSR count). The van der Waals surface area contributed by atoms with E-state index in [4.69, 9.17) is 28.0 Å². The van der Waals surface area contributed by atoms with Gasteiger partial charge in [-0.3, -0.25) is 10.1 Å². The summed E-state index contributed by atoms with van der Waals surface area (Å²) in [7, 11) is 0. The zero-order valence-electron chi connectivity index (χ0n) is 16.3. The minimum absolute atomic E-state index is 0.420. The van der Waals surface area contributed by atoms with Crippen LogP contribution in [0.2, 0.25) is 10.0 Å². The minimum Gasteiger partial charge on any atom is -0.384 e. The largest absolute Gasteiger partial charge is 0.384 e. The molecule has 0 saturated heterocycles. The van der Waals surface area contributed by atoms with Crippen molar-refractivity contribution in [2.75, 3.05) is 6.54 Å². The number of aryl methyl sites for hydroxylation is 1. The van der Waals surface area contributed by atoms with Gasteiger partial charge in [-0.25, -0.2) is 4.79 Å². The molecular weight excluding hydrogens is 413 g/mol. The van der Waals surface area contributed by atoms with Crippen LogP contribution in [0.3, 0.4) is 0 Å². The van der Waals surface area contributed by atoms with E-state index < -0.39 is 17.5 Å². The Labute approximate surface area is 179 Å². The number of halogens is 2. The van der Waals surface area contributed by atoms with E-state index in [0.717, 1.165) is 22.4 Å². The summed E-state index contributed by atoms with van der Waals surface area (Å²) in [4.78, 5) is 29.6. The third-order valence-electron chi connectivity index (χ3n) is 4.70. The van der Waals surface area contributed by atoms with Gasteiger partial charge < -0.3 is 10.2 Å². The van der Waals surface area contributed by atoms with E-state index in [1.54, 1.807) is 25.1 Å². The van der Waals surface area contributed by atoms with E-state index in [9.17, 15) is 9.59 Å². The van der Waals surface area contributed by atoms with Crippen molar-refractivity contribution in [3.05, 3.63) is 68.7 Å². The number of amides is 3. The number of urea groups is 1. The van der Waals surface area contributed by atoms with Gasteiger partial charge in [0.2, 0.25) is 0 Å². The molecule has 0 spiro atoms. The van der Waals surface area contributed by atoms with Crippen molar-refractivity contribution >= 4 is 40.9 Å². The van der Waals surface area contributed by atoms with Crippen LogP contribution in [-0.2, 0) is 10.4 Å². The highest BCUT2D eigenvalue weighted by Crippen LogP contribution is 2.38. The van der Waals surface area contributed by atoms with Crippen molar-refractivity contribution < 1.29 is 14.4 Å². The molecule has 152 valence electrons. The maximum absolute atomic E-state index is 12.3. The Hall–Kier alpha value is -2.57. The van der Waals surface area contributed by atoms with E-state index in [1.165, 1.54) is 0 Å². The molecule has 1 atom stereocenters. The van der Waals surface area contributed by atoms with Gasteiger partial charge in [0.25, 0.3) is 5.91 Å². The maximum Gasteiger partial charge on any atom is 0.321 e. The second-order valence-electron chi connectivity index (χ2n) is 7.04. The summed E-state index contributed by atoms with van der Waals surface area (Å²) in [5.41, 5.74) is 2.89. The summed E-state index contributed by atoms with van der Waals surface area (Å²) in [5, 5.41) is 10.1. The van der Waals surface area contributed by atoms with E-state index in [2.05, 4.69) is 15.8 Å². The fourth-order valence-corrected chi connectivity index (χ4v) is 3.71. The predicted octanol–water partition coefficient (Wildman–Crippen LogP) is 4.80. The van der Waals surface area contributed by atoms with Crippen molar-refractivity contribution in [2.24, 2.45) is 5.16 Å². The fourth-order valence-electron chi connectivity index (χ4n) is 3.18. The highest BCUT2D eigenvalue weighted by molar-refractivity contribution is 6.34. The Bertz CT molecular complexity index is 986. The van der Waals surface area contributed by atoms with Gasteiger partial charge in [0, 0.05) is 34.1 Å². The van der Waals surface area contributed by atoms with Gasteiger partial charge >= 0.3 is 6.03 Å². The Balaban J connectivity index is 1.77. The Kier molecular flexibility index (Phi) is 6.15. The zero-order valence-corrected chi connectivity index (χ0v) is 17.8. The summed E-state index contributed by atoms with van der Waals surface area (Å²) in [6, 6.07) is 10.1. The van der Waals surface area contributed by atoms with Crippen molar-refractivity contribution in [3.8, 4) is 0 Å². The first-order chi connectivity index (χ1) is 13.7. The van der Waals surface area contributed by atoms with E-state index >= 15 is 0 Å². The number of hydrogen-bond acceptors (Lipinski definition) is 4. The summed E-state index contributed by atoms with van der Waals surface area (Å²) in [6.45, 7) is 5.95. The highest BCUT2D eigenvalue weighted by Gasteiger charge is 2.37. The van der Waals surface area contributed by atoms with Crippen LogP contribution in [0.4, 0.5) is 4.79 Å². The number of imide groups is 1. The molecule has 2 aromatic carbocycles. The van der Waals surface area contributed by atoms with Gasteiger partial charge in [0.05, 0.1) is 5.71 Å². The molecule has 8 heteroatoms. The Morgan fingerprint density at radius 2 is 1.86 bits per heavy atom. The third kappa shape index (κ3) is 4.71. The van der Waals surface area contributed by atoms with Crippen LogP contribution in [-0.4, -0.2) is 24.2 Å². The Morgan fingerprint density at radius 1 is 1.17 bits per heavy atom. The molecule has 0 bridgehead atoms. The molecular formula is C21H21Cl2N3O3. The fraction of sp³-hybridized carbons (Fsp3) is 0.286. The summed E-state index contributed by atoms with van der Waals surface area (Å²) >= 11 is 12.2. The predicted molar refractivity (Wildman–Crippen MR) is 114 cm³/mol. The smallest absolute Gasteiger partial charge is 0.321 e. The molecule has 0 aliphatic carbocycles. The number of nitrogens with one attached hydrogen (secondary N) is 2. The van der Waals surface area contributed by atoms with Crippen LogP contribution in [0.5, 0.6) is 0 Å². The van der Waals surface area contributed by atoms with Crippen LogP contribution in [0.1, 0.15) is 47.3 Å². The number of oxime groups is 1. The molecule has 3 amide bonds. The molecule has 0 saturated carbocycles. The summed E-state index contributed by atoms with van der Waals surface area (Å²) in [5.74, 6) is -0.456. The first kappa shape index (κ1) is 21.1. The first-order valence-corrected chi connectivity index (χ1v) is 9.89. The normalized spacial score (nSPS) is 18.0. The van der Waals surface area contributed by atoms with Gasteiger partial charge in [-0.05, 0) is 62.2 Å². The molecule has 0 fully saturated rings. The Morgan fingerprint density at radius 3 is 2.48 bits per heavy atom. The lowest BCUT2D eigenvalue weighted by atomic mass is 9.88. The molecule has 6 nitrogen and oxygen atoms in total. The quantitative estimate of drug-likeness (QED) is 0.726. The van der Waals surface area contributed by atoms with Gasteiger partial charge in [-0.1, -0.05) is 34.4 Å². The summed E-state index contributed by atoms with van der Waals surface area (Å²) < 4.78 is 0. The van der Waals surface area contributed by atoms with E-state index in [1.807, 2.05) is 32.0 Å². The number of benzene rings is 2. The lowest BCUT2D eigenvalue weighted by molar-refractivity contribution is -0.00737. The third-order valence-corrected chi connectivity index (χ3v) is 5.14. The molecule has 2 N–H and O–H groups in total.